The van der Waals surface area contributed by atoms with Gasteiger partial charge in [0.05, 0.1) is 5.69 Å². The highest BCUT2D eigenvalue weighted by atomic mass is 16.5. The number of para-hydroxylation sites is 1. The van der Waals surface area contributed by atoms with Crippen molar-refractivity contribution in [1.82, 2.24) is 0 Å². The molecular weight excluding hydrogens is 368 g/mol. The third kappa shape index (κ3) is 6.10. The highest BCUT2D eigenvalue weighted by Gasteiger charge is 2.10. The Morgan fingerprint density at radius 1 is 0.862 bits per heavy atom. The third-order valence-electron chi connectivity index (χ3n) is 3.90. The van der Waals surface area contributed by atoms with E-state index in [4.69, 9.17) is 9.47 Å². The minimum Gasteiger partial charge on any atom is -0.482 e. The van der Waals surface area contributed by atoms with Gasteiger partial charge in [-0.15, -0.1) is 0 Å². The number of amides is 2. The number of hydrogen-bond donors (Lipinski definition) is 2. The summed E-state index contributed by atoms with van der Waals surface area (Å²) in [7, 11) is 0. The molecule has 6 nitrogen and oxygen atoms in total. The smallest absolute Gasteiger partial charge is 0.262 e. The maximum Gasteiger partial charge on any atom is 0.262 e. The molecule has 0 aliphatic carbocycles. The average Bonchev–Trinajstić information content (AvgIpc) is 2.69. The molecule has 0 aliphatic rings. The van der Waals surface area contributed by atoms with E-state index in [1.165, 1.54) is 6.92 Å². The summed E-state index contributed by atoms with van der Waals surface area (Å²) in [5.41, 5.74) is 2.08. The molecule has 0 atom stereocenters. The fourth-order valence-electron chi connectivity index (χ4n) is 2.64. The van der Waals surface area contributed by atoms with E-state index in [1.807, 2.05) is 49.4 Å². The Morgan fingerprint density at radius 2 is 1.62 bits per heavy atom. The van der Waals surface area contributed by atoms with Crippen molar-refractivity contribution < 1.29 is 19.1 Å². The van der Waals surface area contributed by atoms with Gasteiger partial charge in [0.15, 0.2) is 6.61 Å². The van der Waals surface area contributed by atoms with Gasteiger partial charge in [-0.2, -0.15) is 0 Å². The van der Waals surface area contributed by atoms with Crippen LogP contribution in [-0.4, -0.2) is 18.4 Å². The zero-order chi connectivity index (χ0) is 20.6. The molecule has 3 rings (SSSR count). The average molecular weight is 390 g/mol. The van der Waals surface area contributed by atoms with Gasteiger partial charge in [0.1, 0.15) is 17.2 Å². The molecule has 0 saturated carbocycles. The first kappa shape index (κ1) is 19.9. The molecule has 3 aromatic carbocycles. The van der Waals surface area contributed by atoms with Gasteiger partial charge in [0.25, 0.3) is 5.91 Å². The maximum absolute atomic E-state index is 12.3. The predicted octanol–water partition coefficient (Wildman–Crippen LogP) is 4.76. The number of carbonyl (C=O) groups excluding carboxylic acids is 2. The summed E-state index contributed by atoms with van der Waals surface area (Å²) in [4.78, 5) is 23.6. The van der Waals surface area contributed by atoms with Crippen molar-refractivity contribution in [1.29, 1.82) is 0 Å². The Kier molecular flexibility index (Phi) is 6.47. The highest BCUT2D eigenvalue weighted by Crippen LogP contribution is 2.26. The van der Waals surface area contributed by atoms with Crippen LogP contribution in [0, 0.1) is 6.92 Å². The number of benzene rings is 3. The van der Waals surface area contributed by atoms with E-state index in [0.717, 1.165) is 5.56 Å². The minimum atomic E-state index is -0.322. The van der Waals surface area contributed by atoms with Crippen molar-refractivity contribution >= 4 is 23.2 Å². The van der Waals surface area contributed by atoms with Gasteiger partial charge < -0.3 is 20.1 Å². The van der Waals surface area contributed by atoms with Crippen LogP contribution in [0.5, 0.6) is 17.2 Å². The number of carbonyl (C=O) groups is 2. The molecule has 29 heavy (non-hydrogen) atoms. The van der Waals surface area contributed by atoms with Crippen LogP contribution < -0.4 is 20.1 Å². The first-order valence-corrected chi connectivity index (χ1v) is 9.13. The molecule has 6 heteroatoms. The SMILES string of the molecule is CC(=O)Nc1ccc(C)cc1OCC(=O)Nc1cccc(Oc2ccccc2)c1. The van der Waals surface area contributed by atoms with Crippen molar-refractivity contribution in [2.24, 2.45) is 0 Å². The van der Waals surface area contributed by atoms with Crippen LogP contribution in [-0.2, 0) is 9.59 Å². The summed E-state index contributed by atoms with van der Waals surface area (Å²) in [6.07, 6.45) is 0. The molecule has 0 bridgehead atoms. The molecule has 0 unspecified atom stereocenters. The van der Waals surface area contributed by atoms with Gasteiger partial charge >= 0.3 is 0 Å². The largest absolute Gasteiger partial charge is 0.482 e. The number of hydrogen-bond acceptors (Lipinski definition) is 4. The van der Waals surface area contributed by atoms with Gasteiger partial charge in [-0.3, -0.25) is 9.59 Å². The lowest BCUT2D eigenvalue weighted by Crippen LogP contribution is -2.20. The van der Waals surface area contributed by atoms with Crippen LogP contribution in [0.3, 0.4) is 0 Å². The molecule has 2 amide bonds. The molecule has 0 radical (unpaired) electrons. The van der Waals surface area contributed by atoms with Gasteiger partial charge in [-0.05, 0) is 48.9 Å². The number of anilines is 2. The lowest BCUT2D eigenvalue weighted by molar-refractivity contribution is -0.118. The molecular formula is C23H22N2O4. The second-order valence-corrected chi connectivity index (χ2v) is 6.46. The van der Waals surface area contributed by atoms with Gasteiger partial charge in [0, 0.05) is 18.7 Å². The Hall–Kier alpha value is -3.80. The second kappa shape index (κ2) is 9.41. The van der Waals surface area contributed by atoms with Crippen LogP contribution >= 0.6 is 0 Å². The molecule has 0 saturated heterocycles. The number of ether oxygens (including phenoxy) is 2. The number of rotatable bonds is 7. The van der Waals surface area contributed by atoms with Gasteiger partial charge in [-0.1, -0.05) is 30.3 Å². The second-order valence-electron chi connectivity index (χ2n) is 6.46. The van der Waals surface area contributed by atoms with E-state index in [9.17, 15) is 9.59 Å². The topological polar surface area (TPSA) is 76.7 Å². The van der Waals surface area contributed by atoms with Crippen LogP contribution in [0.2, 0.25) is 0 Å². The van der Waals surface area contributed by atoms with Crippen LogP contribution in [0.25, 0.3) is 0 Å². The van der Waals surface area contributed by atoms with Crippen LogP contribution in [0.1, 0.15) is 12.5 Å². The Morgan fingerprint density at radius 3 is 2.38 bits per heavy atom. The Balaban J connectivity index is 1.61. The zero-order valence-corrected chi connectivity index (χ0v) is 16.3. The zero-order valence-electron chi connectivity index (χ0n) is 16.3. The Labute approximate surface area is 169 Å². The molecule has 3 aromatic rings. The fourth-order valence-corrected chi connectivity index (χ4v) is 2.64. The van der Waals surface area contributed by atoms with Gasteiger partial charge in [-0.25, -0.2) is 0 Å². The van der Waals surface area contributed by atoms with Crippen molar-refractivity contribution in [3.05, 3.63) is 78.4 Å². The van der Waals surface area contributed by atoms with E-state index in [-0.39, 0.29) is 18.4 Å². The quantitative estimate of drug-likeness (QED) is 0.610. The molecule has 2 N–H and O–H groups in total. The molecule has 0 aliphatic heterocycles. The summed E-state index contributed by atoms with van der Waals surface area (Å²) < 4.78 is 11.4. The Bertz CT molecular complexity index is 1000. The minimum absolute atomic E-state index is 0.195. The first-order valence-electron chi connectivity index (χ1n) is 9.13. The highest BCUT2D eigenvalue weighted by molar-refractivity contribution is 5.93. The van der Waals surface area contributed by atoms with Crippen molar-refractivity contribution in [3.63, 3.8) is 0 Å². The monoisotopic (exact) mass is 390 g/mol. The van der Waals surface area contributed by atoms with E-state index in [1.54, 1.807) is 30.3 Å². The van der Waals surface area contributed by atoms with E-state index < -0.39 is 0 Å². The molecule has 0 aromatic heterocycles. The predicted molar refractivity (Wildman–Crippen MR) is 113 cm³/mol. The van der Waals surface area contributed by atoms with E-state index in [2.05, 4.69) is 10.6 Å². The summed E-state index contributed by atoms with van der Waals surface area (Å²) in [5.74, 6) is 1.23. The first-order chi connectivity index (χ1) is 14.0. The van der Waals surface area contributed by atoms with E-state index in [0.29, 0.717) is 28.6 Å². The lowest BCUT2D eigenvalue weighted by Gasteiger charge is -2.13. The summed E-state index contributed by atoms with van der Waals surface area (Å²) in [6.45, 7) is 3.13. The summed E-state index contributed by atoms with van der Waals surface area (Å²) in [5, 5.41) is 5.47. The summed E-state index contributed by atoms with van der Waals surface area (Å²) >= 11 is 0. The molecule has 0 spiro atoms. The number of nitrogens with one attached hydrogen (secondary N) is 2. The van der Waals surface area contributed by atoms with Crippen LogP contribution in [0.4, 0.5) is 11.4 Å². The summed E-state index contributed by atoms with van der Waals surface area (Å²) in [6, 6.07) is 21.9. The maximum atomic E-state index is 12.3. The molecule has 0 heterocycles. The van der Waals surface area contributed by atoms with E-state index >= 15 is 0 Å². The van der Waals surface area contributed by atoms with Crippen molar-refractivity contribution in [2.75, 3.05) is 17.2 Å². The normalized spacial score (nSPS) is 10.1. The fraction of sp³-hybridized carbons (Fsp3) is 0.130. The van der Waals surface area contributed by atoms with Crippen LogP contribution in [0.15, 0.2) is 72.8 Å². The van der Waals surface area contributed by atoms with Crippen molar-refractivity contribution in [2.45, 2.75) is 13.8 Å². The lowest BCUT2D eigenvalue weighted by atomic mass is 10.2. The molecule has 0 fully saturated rings. The van der Waals surface area contributed by atoms with Crippen molar-refractivity contribution in [3.8, 4) is 17.2 Å². The molecule has 148 valence electrons. The third-order valence-corrected chi connectivity index (χ3v) is 3.90. The van der Waals surface area contributed by atoms with Gasteiger partial charge in [0.2, 0.25) is 5.91 Å². The number of aryl methyl sites for hydroxylation is 1. The standard InChI is InChI=1S/C23H22N2O4/c1-16-11-12-21(24-17(2)26)22(13-16)28-15-23(27)25-18-7-6-10-20(14-18)29-19-8-4-3-5-9-19/h3-14H,15H2,1-2H3,(H,24,26)(H,25,27).